The zero-order chi connectivity index (χ0) is 6.69. The predicted octanol–water partition coefficient (Wildman–Crippen LogP) is 1.42. The molecule has 9 heavy (non-hydrogen) atoms. The van der Waals surface area contributed by atoms with E-state index in [-0.39, 0.29) is 0 Å². The molecule has 1 fully saturated rings. The molecule has 1 heterocycles. The van der Waals surface area contributed by atoms with Crippen LogP contribution in [-0.4, -0.2) is 22.9 Å². The fourth-order valence-corrected chi connectivity index (χ4v) is 1.25. The van der Waals surface area contributed by atoms with Crippen LogP contribution in [0.3, 0.4) is 0 Å². The van der Waals surface area contributed by atoms with Crippen molar-refractivity contribution in [2.75, 3.05) is 6.54 Å². The van der Waals surface area contributed by atoms with Gasteiger partial charge in [0.2, 0.25) is 0 Å². The van der Waals surface area contributed by atoms with E-state index < -0.39 is 0 Å². The minimum atomic E-state index is 0.350. The highest BCUT2D eigenvalue weighted by Crippen LogP contribution is 2.17. The van der Waals surface area contributed by atoms with Gasteiger partial charge in [0.25, 0.3) is 0 Å². The summed E-state index contributed by atoms with van der Waals surface area (Å²) in [5.41, 5.74) is 0. The van der Waals surface area contributed by atoms with Gasteiger partial charge < -0.3 is 5.21 Å². The Balaban J connectivity index is 2.30. The number of hydroxylamine groups is 2. The molecule has 0 amide bonds. The minimum Gasteiger partial charge on any atom is -0.314 e. The van der Waals surface area contributed by atoms with E-state index in [1.807, 2.05) is 6.08 Å². The van der Waals surface area contributed by atoms with Crippen molar-refractivity contribution in [1.29, 1.82) is 0 Å². The summed E-state index contributed by atoms with van der Waals surface area (Å²) in [6.07, 6.45) is 5.01. The summed E-state index contributed by atoms with van der Waals surface area (Å²) in [6.45, 7) is 4.45. The van der Waals surface area contributed by atoms with Crippen LogP contribution in [0, 0.1) is 0 Å². The van der Waals surface area contributed by atoms with Gasteiger partial charge in [-0.3, -0.25) is 0 Å². The molecule has 0 aromatic heterocycles. The molecule has 0 spiro atoms. The van der Waals surface area contributed by atoms with E-state index >= 15 is 0 Å². The Labute approximate surface area is 55.7 Å². The lowest BCUT2D eigenvalue weighted by atomic mass is 10.2. The fourth-order valence-electron chi connectivity index (χ4n) is 1.25. The third-order valence-electron chi connectivity index (χ3n) is 1.78. The van der Waals surface area contributed by atoms with Crippen molar-refractivity contribution >= 4 is 0 Å². The molecule has 1 aliphatic rings. The Morgan fingerprint density at radius 3 is 3.00 bits per heavy atom. The summed E-state index contributed by atoms with van der Waals surface area (Å²) < 4.78 is 0. The second kappa shape index (κ2) is 2.99. The maximum absolute atomic E-state index is 9.11. The van der Waals surface area contributed by atoms with Crippen LogP contribution in [-0.2, 0) is 0 Å². The fraction of sp³-hybridized carbons (Fsp3) is 0.714. The molecule has 1 N–H and O–H groups in total. The summed E-state index contributed by atoms with van der Waals surface area (Å²) in [7, 11) is 0. The molecule has 52 valence electrons. The Morgan fingerprint density at radius 1 is 1.78 bits per heavy atom. The van der Waals surface area contributed by atoms with Crippen LogP contribution >= 0.6 is 0 Å². The lowest BCUT2D eigenvalue weighted by molar-refractivity contribution is -0.101. The Kier molecular flexibility index (Phi) is 2.25. The second-order valence-electron chi connectivity index (χ2n) is 2.48. The van der Waals surface area contributed by atoms with Gasteiger partial charge in [0.05, 0.1) is 0 Å². The van der Waals surface area contributed by atoms with Crippen LogP contribution in [0.15, 0.2) is 12.7 Å². The summed E-state index contributed by atoms with van der Waals surface area (Å²) in [5, 5.41) is 10.5. The highest BCUT2D eigenvalue weighted by molar-refractivity contribution is 4.80. The smallest absolute Gasteiger partial charge is 0.0385 e. The first-order valence-corrected chi connectivity index (χ1v) is 3.41. The molecule has 1 atom stereocenters. The predicted molar refractivity (Wildman–Crippen MR) is 36.3 cm³/mol. The van der Waals surface area contributed by atoms with E-state index in [1.54, 1.807) is 0 Å². The Hall–Kier alpha value is -0.340. The molecule has 1 rings (SSSR count). The first-order chi connectivity index (χ1) is 4.34. The van der Waals surface area contributed by atoms with Gasteiger partial charge >= 0.3 is 0 Å². The average Bonchev–Trinajstić information content (AvgIpc) is 2.18. The van der Waals surface area contributed by atoms with Crippen LogP contribution < -0.4 is 0 Å². The van der Waals surface area contributed by atoms with E-state index in [1.165, 1.54) is 5.06 Å². The normalized spacial score (nSPS) is 28.8. The number of rotatable bonds is 2. The van der Waals surface area contributed by atoms with E-state index in [4.69, 9.17) is 5.21 Å². The largest absolute Gasteiger partial charge is 0.314 e. The van der Waals surface area contributed by atoms with Crippen molar-refractivity contribution in [2.24, 2.45) is 0 Å². The van der Waals surface area contributed by atoms with Crippen molar-refractivity contribution in [3.05, 3.63) is 12.7 Å². The maximum atomic E-state index is 9.11. The summed E-state index contributed by atoms with van der Waals surface area (Å²) in [4.78, 5) is 0. The molecule has 1 unspecified atom stereocenters. The van der Waals surface area contributed by atoms with E-state index in [0.717, 1.165) is 25.8 Å². The highest BCUT2D eigenvalue weighted by atomic mass is 16.5. The zero-order valence-electron chi connectivity index (χ0n) is 5.58. The Bertz CT molecular complexity index is 103. The van der Waals surface area contributed by atoms with Gasteiger partial charge in [-0.05, 0) is 19.3 Å². The molecular weight excluding hydrogens is 114 g/mol. The molecule has 0 bridgehead atoms. The third kappa shape index (κ3) is 1.53. The van der Waals surface area contributed by atoms with Crippen LogP contribution in [0.4, 0.5) is 0 Å². The molecule has 2 heteroatoms. The van der Waals surface area contributed by atoms with Crippen molar-refractivity contribution in [1.82, 2.24) is 5.06 Å². The second-order valence-corrected chi connectivity index (χ2v) is 2.48. The van der Waals surface area contributed by atoms with Crippen molar-refractivity contribution in [3.63, 3.8) is 0 Å². The van der Waals surface area contributed by atoms with Crippen molar-refractivity contribution in [3.8, 4) is 0 Å². The molecule has 0 radical (unpaired) electrons. The monoisotopic (exact) mass is 127 g/mol. The molecule has 1 saturated heterocycles. The van der Waals surface area contributed by atoms with Gasteiger partial charge in [-0.25, -0.2) is 0 Å². The maximum Gasteiger partial charge on any atom is 0.0385 e. The third-order valence-corrected chi connectivity index (χ3v) is 1.78. The molecule has 0 aromatic rings. The van der Waals surface area contributed by atoms with Crippen LogP contribution in [0.5, 0.6) is 0 Å². The van der Waals surface area contributed by atoms with Crippen molar-refractivity contribution in [2.45, 2.75) is 25.3 Å². The SMILES string of the molecule is C=CCC1CCCN1O. The molecule has 0 aromatic carbocycles. The van der Waals surface area contributed by atoms with Gasteiger partial charge in [-0.2, -0.15) is 5.06 Å². The lowest BCUT2D eigenvalue weighted by Gasteiger charge is -2.14. The van der Waals surface area contributed by atoms with Crippen LogP contribution in [0.1, 0.15) is 19.3 Å². The highest BCUT2D eigenvalue weighted by Gasteiger charge is 2.20. The molecular formula is C7H13NO. The van der Waals surface area contributed by atoms with Gasteiger partial charge in [-0.15, -0.1) is 6.58 Å². The van der Waals surface area contributed by atoms with E-state index in [2.05, 4.69) is 6.58 Å². The standard InChI is InChI=1S/C7H13NO/c1-2-4-7-5-3-6-8(7)9/h2,7,9H,1,3-6H2. The zero-order valence-corrected chi connectivity index (χ0v) is 5.58. The molecule has 1 aliphatic heterocycles. The first-order valence-electron chi connectivity index (χ1n) is 3.41. The number of nitrogens with zero attached hydrogens (tertiary/aromatic N) is 1. The summed E-state index contributed by atoms with van der Waals surface area (Å²) >= 11 is 0. The lowest BCUT2D eigenvalue weighted by Crippen LogP contribution is -2.24. The minimum absolute atomic E-state index is 0.350. The van der Waals surface area contributed by atoms with E-state index in [0.29, 0.717) is 6.04 Å². The van der Waals surface area contributed by atoms with Crippen LogP contribution in [0.2, 0.25) is 0 Å². The summed E-state index contributed by atoms with van der Waals surface area (Å²) in [6, 6.07) is 0.350. The Morgan fingerprint density at radius 2 is 2.56 bits per heavy atom. The van der Waals surface area contributed by atoms with Gasteiger partial charge in [0.1, 0.15) is 0 Å². The van der Waals surface area contributed by atoms with Crippen molar-refractivity contribution < 1.29 is 5.21 Å². The number of hydrogen-bond donors (Lipinski definition) is 1. The van der Waals surface area contributed by atoms with Gasteiger partial charge in [-0.1, -0.05) is 6.08 Å². The summed E-state index contributed by atoms with van der Waals surface area (Å²) in [5.74, 6) is 0. The quantitative estimate of drug-likeness (QED) is 0.567. The van der Waals surface area contributed by atoms with Gasteiger partial charge in [0, 0.05) is 12.6 Å². The van der Waals surface area contributed by atoms with E-state index in [9.17, 15) is 0 Å². The molecule has 2 nitrogen and oxygen atoms in total. The molecule has 0 saturated carbocycles. The topological polar surface area (TPSA) is 23.5 Å². The number of hydrogen-bond acceptors (Lipinski definition) is 2. The first kappa shape index (κ1) is 6.78. The van der Waals surface area contributed by atoms with Crippen LogP contribution in [0.25, 0.3) is 0 Å². The molecule has 0 aliphatic carbocycles. The van der Waals surface area contributed by atoms with Gasteiger partial charge in [0.15, 0.2) is 0 Å². The average molecular weight is 127 g/mol.